The molecule has 1 aromatic rings. The summed E-state index contributed by atoms with van der Waals surface area (Å²) in [4.78, 5) is 38.3. The Morgan fingerprint density at radius 3 is 2.75 bits per heavy atom. The summed E-state index contributed by atoms with van der Waals surface area (Å²) in [7, 11) is 0. The highest BCUT2D eigenvalue weighted by molar-refractivity contribution is 6.05. The molecular weight excluding hydrogens is 356 g/mol. The Morgan fingerprint density at radius 2 is 2.00 bits per heavy atom. The Hall–Kier alpha value is -2.25. The molecule has 1 aromatic carbocycles. The van der Waals surface area contributed by atoms with E-state index in [9.17, 15) is 14.4 Å². The Bertz CT molecular complexity index is 801. The van der Waals surface area contributed by atoms with Gasteiger partial charge in [-0.1, -0.05) is 25.1 Å². The maximum absolute atomic E-state index is 13.1. The van der Waals surface area contributed by atoms with Gasteiger partial charge in [0, 0.05) is 31.6 Å². The molecule has 3 aliphatic rings. The topological polar surface area (TPSA) is 90.5 Å². The zero-order valence-corrected chi connectivity index (χ0v) is 16.3. The number of hydrogen-bond donors (Lipinski definition) is 3. The highest BCUT2D eigenvalue weighted by Gasteiger charge is 2.40. The smallest absolute Gasteiger partial charge is 0.255 e. The number of nitrogens with one attached hydrogen (secondary N) is 3. The van der Waals surface area contributed by atoms with E-state index in [2.05, 4.69) is 22.9 Å². The molecule has 7 nitrogen and oxygen atoms in total. The lowest BCUT2D eigenvalue weighted by molar-refractivity contribution is -0.136. The van der Waals surface area contributed by atoms with Gasteiger partial charge < -0.3 is 15.5 Å². The lowest BCUT2D eigenvalue weighted by Crippen LogP contribution is -2.52. The Morgan fingerprint density at radius 1 is 1.21 bits per heavy atom. The predicted octanol–water partition coefficient (Wildman–Crippen LogP) is 0.927. The molecule has 0 aliphatic carbocycles. The van der Waals surface area contributed by atoms with Crippen LogP contribution in [0.15, 0.2) is 18.2 Å². The highest BCUT2D eigenvalue weighted by Crippen LogP contribution is 2.30. The van der Waals surface area contributed by atoms with Crippen LogP contribution < -0.4 is 16.0 Å². The quantitative estimate of drug-likeness (QED) is 0.657. The molecule has 0 spiro atoms. The zero-order valence-electron chi connectivity index (χ0n) is 16.3. The van der Waals surface area contributed by atoms with Gasteiger partial charge in [0.25, 0.3) is 5.91 Å². The molecule has 2 saturated heterocycles. The van der Waals surface area contributed by atoms with Gasteiger partial charge in [0.15, 0.2) is 0 Å². The monoisotopic (exact) mass is 384 g/mol. The number of fused-ring (bicyclic) bond motifs is 1. The van der Waals surface area contributed by atoms with Crippen molar-refractivity contribution in [2.45, 2.75) is 51.7 Å². The summed E-state index contributed by atoms with van der Waals surface area (Å²) in [5, 5.41) is 9.30. The third-order valence-corrected chi connectivity index (χ3v) is 6.32. The average Bonchev–Trinajstić information content (AvgIpc) is 3.00. The minimum Gasteiger partial charge on any atom is -0.322 e. The number of imide groups is 1. The van der Waals surface area contributed by atoms with Crippen molar-refractivity contribution < 1.29 is 14.4 Å². The van der Waals surface area contributed by atoms with Crippen molar-refractivity contribution in [1.82, 2.24) is 20.9 Å². The summed E-state index contributed by atoms with van der Waals surface area (Å²) in [5.41, 5.74) is 2.94. The molecule has 4 rings (SSSR count). The summed E-state index contributed by atoms with van der Waals surface area (Å²) in [6.45, 7) is 6.41. The Kier molecular flexibility index (Phi) is 5.21. The lowest BCUT2D eigenvalue weighted by atomic mass is 9.81. The second-order valence-corrected chi connectivity index (χ2v) is 8.52. The summed E-state index contributed by atoms with van der Waals surface area (Å²) >= 11 is 0. The van der Waals surface area contributed by atoms with E-state index in [0.717, 1.165) is 49.2 Å². The van der Waals surface area contributed by atoms with Crippen LogP contribution in [0.1, 0.15) is 54.1 Å². The van der Waals surface area contributed by atoms with Gasteiger partial charge in [-0.05, 0) is 48.9 Å². The van der Waals surface area contributed by atoms with Crippen molar-refractivity contribution in [3.05, 3.63) is 34.9 Å². The Labute approximate surface area is 165 Å². The SMILES string of the molecule is CC1(CNCc2cccc3c2C(=O)N(C2CCC(=O)NC2=O)C3)CCNCC1. The molecule has 3 aliphatic heterocycles. The average molecular weight is 384 g/mol. The number of carbonyl (C=O) groups is 3. The van der Waals surface area contributed by atoms with Crippen molar-refractivity contribution in [2.24, 2.45) is 5.41 Å². The van der Waals surface area contributed by atoms with Crippen molar-refractivity contribution in [1.29, 1.82) is 0 Å². The van der Waals surface area contributed by atoms with Gasteiger partial charge in [-0.2, -0.15) is 0 Å². The molecule has 28 heavy (non-hydrogen) atoms. The normalized spacial score (nSPS) is 24.2. The second kappa shape index (κ2) is 7.64. The standard InChI is InChI=1S/C21H28N4O3/c1-21(7-9-22-10-8-21)13-23-11-14-3-2-4-15-12-25(20(28)18(14)15)16-5-6-17(26)24-19(16)27/h2-4,16,22-23H,5-13H2,1H3,(H,24,26,27). The fraction of sp³-hybridized carbons (Fsp3) is 0.571. The highest BCUT2D eigenvalue weighted by atomic mass is 16.2. The molecule has 3 amide bonds. The van der Waals surface area contributed by atoms with Gasteiger partial charge in [0.05, 0.1) is 0 Å². The van der Waals surface area contributed by atoms with Crippen LogP contribution >= 0.6 is 0 Å². The van der Waals surface area contributed by atoms with Crippen LogP contribution in [0.3, 0.4) is 0 Å². The molecular formula is C21H28N4O3. The van der Waals surface area contributed by atoms with Gasteiger partial charge in [-0.15, -0.1) is 0 Å². The molecule has 0 saturated carbocycles. The van der Waals surface area contributed by atoms with Crippen molar-refractivity contribution in [3.63, 3.8) is 0 Å². The minimum absolute atomic E-state index is 0.102. The molecule has 3 N–H and O–H groups in total. The Balaban J connectivity index is 1.44. The van der Waals surface area contributed by atoms with Crippen molar-refractivity contribution in [3.8, 4) is 0 Å². The largest absolute Gasteiger partial charge is 0.322 e. The molecule has 1 unspecified atom stereocenters. The van der Waals surface area contributed by atoms with E-state index in [0.29, 0.717) is 19.5 Å². The van der Waals surface area contributed by atoms with Crippen molar-refractivity contribution >= 4 is 17.7 Å². The molecule has 0 aromatic heterocycles. The summed E-state index contributed by atoms with van der Waals surface area (Å²) in [6.07, 6.45) is 2.97. The molecule has 7 heteroatoms. The molecule has 0 radical (unpaired) electrons. The van der Waals surface area contributed by atoms with Gasteiger partial charge in [0.2, 0.25) is 11.8 Å². The first-order valence-electron chi connectivity index (χ1n) is 10.1. The first-order chi connectivity index (χ1) is 13.5. The van der Waals surface area contributed by atoms with Gasteiger partial charge in [0.1, 0.15) is 6.04 Å². The third-order valence-electron chi connectivity index (χ3n) is 6.32. The predicted molar refractivity (Wildman–Crippen MR) is 104 cm³/mol. The fourth-order valence-electron chi connectivity index (χ4n) is 4.54. The maximum atomic E-state index is 13.1. The maximum Gasteiger partial charge on any atom is 0.255 e. The van der Waals surface area contributed by atoms with E-state index in [1.165, 1.54) is 0 Å². The van der Waals surface area contributed by atoms with Gasteiger partial charge in [-0.3, -0.25) is 19.7 Å². The molecule has 0 bridgehead atoms. The number of benzene rings is 1. The molecule has 2 fully saturated rings. The number of hydrogen-bond acceptors (Lipinski definition) is 5. The number of rotatable bonds is 5. The summed E-state index contributed by atoms with van der Waals surface area (Å²) in [6, 6.07) is 5.36. The van der Waals surface area contributed by atoms with Crippen LogP contribution in [0.2, 0.25) is 0 Å². The summed E-state index contributed by atoms with van der Waals surface area (Å²) < 4.78 is 0. The van der Waals surface area contributed by atoms with Crippen LogP contribution in [-0.2, 0) is 22.7 Å². The van der Waals surface area contributed by atoms with E-state index < -0.39 is 6.04 Å². The lowest BCUT2D eigenvalue weighted by Gasteiger charge is -2.34. The van der Waals surface area contributed by atoms with E-state index in [4.69, 9.17) is 0 Å². The van der Waals surface area contributed by atoms with E-state index in [1.807, 2.05) is 18.2 Å². The number of carbonyl (C=O) groups excluding carboxylic acids is 3. The van der Waals surface area contributed by atoms with E-state index in [1.54, 1.807) is 4.90 Å². The number of amides is 3. The van der Waals surface area contributed by atoms with Gasteiger partial charge >= 0.3 is 0 Å². The number of piperidine rings is 2. The van der Waals surface area contributed by atoms with Crippen molar-refractivity contribution in [2.75, 3.05) is 19.6 Å². The zero-order chi connectivity index (χ0) is 19.7. The molecule has 3 heterocycles. The fourth-order valence-corrected chi connectivity index (χ4v) is 4.54. The molecule has 1 atom stereocenters. The van der Waals surface area contributed by atoms with E-state index >= 15 is 0 Å². The van der Waals surface area contributed by atoms with Crippen LogP contribution in [-0.4, -0.2) is 48.3 Å². The van der Waals surface area contributed by atoms with E-state index in [-0.39, 0.29) is 29.6 Å². The minimum atomic E-state index is -0.563. The van der Waals surface area contributed by atoms with Crippen LogP contribution in [0, 0.1) is 5.41 Å². The summed E-state index contributed by atoms with van der Waals surface area (Å²) in [5.74, 6) is -0.729. The van der Waals surface area contributed by atoms with Crippen LogP contribution in [0.25, 0.3) is 0 Å². The van der Waals surface area contributed by atoms with Crippen LogP contribution in [0.5, 0.6) is 0 Å². The third kappa shape index (κ3) is 3.69. The first-order valence-corrected chi connectivity index (χ1v) is 10.1. The van der Waals surface area contributed by atoms with Crippen LogP contribution in [0.4, 0.5) is 0 Å². The second-order valence-electron chi connectivity index (χ2n) is 8.52. The first kappa shape index (κ1) is 19.1. The van der Waals surface area contributed by atoms with Gasteiger partial charge in [-0.25, -0.2) is 0 Å². The molecule has 150 valence electrons. The number of nitrogens with zero attached hydrogens (tertiary/aromatic N) is 1.